The number of aromatic carboxylic acids is 1. The average molecular weight is 202 g/mol. The van der Waals surface area contributed by atoms with Gasteiger partial charge in [-0.3, -0.25) is 0 Å². The van der Waals surface area contributed by atoms with Crippen LogP contribution in [0, 0.1) is 0 Å². The van der Waals surface area contributed by atoms with Crippen LogP contribution in [0.15, 0.2) is 30.3 Å². The smallest absolute Gasteiger partial charge is 0.354 e. The molecule has 0 atom stereocenters. The van der Waals surface area contributed by atoms with Gasteiger partial charge in [0.2, 0.25) is 0 Å². The summed E-state index contributed by atoms with van der Waals surface area (Å²) in [6.45, 7) is 0. The molecule has 1 aromatic carbocycles. The highest BCUT2D eigenvalue weighted by atomic mass is 16.4. The van der Waals surface area contributed by atoms with E-state index in [4.69, 9.17) is 5.11 Å². The van der Waals surface area contributed by atoms with Crippen molar-refractivity contribution in [2.75, 3.05) is 12.4 Å². The van der Waals surface area contributed by atoms with Crippen molar-refractivity contribution in [1.82, 2.24) is 4.98 Å². The van der Waals surface area contributed by atoms with Gasteiger partial charge in [0.1, 0.15) is 0 Å². The number of benzene rings is 1. The Hall–Kier alpha value is -2.10. The standard InChI is InChI=1S/C11H10N2O2/c1-12-9-6-10(11(14)15)13-8-5-3-2-4-7(8)9/h2-6H,1H3,(H,12,13)(H,14,15). The van der Waals surface area contributed by atoms with Gasteiger partial charge in [-0.25, -0.2) is 9.78 Å². The highest BCUT2D eigenvalue weighted by molar-refractivity contribution is 5.96. The largest absolute Gasteiger partial charge is 0.477 e. The van der Waals surface area contributed by atoms with E-state index in [0.29, 0.717) is 5.52 Å². The molecule has 0 saturated heterocycles. The fourth-order valence-corrected chi connectivity index (χ4v) is 1.49. The minimum absolute atomic E-state index is 0.0538. The number of carboxylic acids is 1. The second kappa shape index (κ2) is 3.57. The molecule has 0 bridgehead atoms. The Morgan fingerprint density at radius 2 is 2.13 bits per heavy atom. The zero-order valence-corrected chi connectivity index (χ0v) is 8.19. The summed E-state index contributed by atoms with van der Waals surface area (Å²) >= 11 is 0. The third-order valence-corrected chi connectivity index (χ3v) is 2.20. The highest BCUT2D eigenvalue weighted by Gasteiger charge is 2.09. The lowest BCUT2D eigenvalue weighted by Crippen LogP contribution is -2.02. The quantitative estimate of drug-likeness (QED) is 0.781. The maximum absolute atomic E-state index is 10.8. The molecule has 15 heavy (non-hydrogen) atoms. The Balaban J connectivity index is 2.77. The number of nitrogens with one attached hydrogen (secondary N) is 1. The van der Waals surface area contributed by atoms with Crippen molar-refractivity contribution in [2.45, 2.75) is 0 Å². The number of carbonyl (C=O) groups is 1. The van der Waals surface area contributed by atoms with E-state index in [1.807, 2.05) is 18.2 Å². The number of rotatable bonds is 2. The van der Waals surface area contributed by atoms with Gasteiger partial charge in [0.05, 0.1) is 5.52 Å². The summed E-state index contributed by atoms with van der Waals surface area (Å²) in [7, 11) is 1.76. The van der Waals surface area contributed by atoms with Gasteiger partial charge in [-0.15, -0.1) is 0 Å². The molecule has 0 aliphatic rings. The zero-order valence-electron chi connectivity index (χ0n) is 8.19. The van der Waals surface area contributed by atoms with Crippen LogP contribution in [0.4, 0.5) is 5.69 Å². The van der Waals surface area contributed by atoms with Crippen molar-refractivity contribution in [3.63, 3.8) is 0 Å². The second-order valence-electron chi connectivity index (χ2n) is 3.13. The van der Waals surface area contributed by atoms with E-state index in [1.54, 1.807) is 13.1 Å². The van der Waals surface area contributed by atoms with Crippen LogP contribution < -0.4 is 5.32 Å². The van der Waals surface area contributed by atoms with Crippen LogP contribution in [0.5, 0.6) is 0 Å². The second-order valence-corrected chi connectivity index (χ2v) is 3.13. The Morgan fingerprint density at radius 1 is 1.40 bits per heavy atom. The fourth-order valence-electron chi connectivity index (χ4n) is 1.49. The average Bonchev–Trinajstić information content (AvgIpc) is 2.27. The molecule has 76 valence electrons. The topological polar surface area (TPSA) is 62.2 Å². The molecule has 2 rings (SSSR count). The molecule has 0 fully saturated rings. The van der Waals surface area contributed by atoms with Gasteiger partial charge in [0.25, 0.3) is 0 Å². The SMILES string of the molecule is CNc1cc(C(=O)O)nc2ccccc12. The minimum Gasteiger partial charge on any atom is -0.477 e. The predicted molar refractivity (Wildman–Crippen MR) is 58.2 cm³/mol. The molecule has 0 amide bonds. The molecule has 0 unspecified atom stereocenters. The number of hydrogen-bond donors (Lipinski definition) is 2. The van der Waals surface area contributed by atoms with Crippen molar-refractivity contribution in [2.24, 2.45) is 0 Å². The molecule has 0 saturated carbocycles. The molecular formula is C11H10N2O2. The molecule has 1 aromatic heterocycles. The third kappa shape index (κ3) is 1.61. The van der Waals surface area contributed by atoms with Crippen molar-refractivity contribution >= 4 is 22.6 Å². The molecule has 0 radical (unpaired) electrons. The van der Waals surface area contributed by atoms with E-state index >= 15 is 0 Å². The molecule has 1 heterocycles. The molecule has 4 heteroatoms. The van der Waals surface area contributed by atoms with Crippen LogP contribution in [0.2, 0.25) is 0 Å². The van der Waals surface area contributed by atoms with E-state index in [2.05, 4.69) is 10.3 Å². The minimum atomic E-state index is -1.02. The number of hydrogen-bond acceptors (Lipinski definition) is 3. The van der Waals surface area contributed by atoms with Crippen LogP contribution in [0.1, 0.15) is 10.5 Å². The normalized spacial score (nSPS) is 10.2. The summed E-state index contributed by atoms with van der Waals surface area (Å²) < 4.78 is 0. The van der Waals surface area contributed by atoms with Gasteiger partial charge in [-0.1, -0.05) is 18.2 Å². The van der Waals surface area contributed by atoms with Gasteiger partial charge in [0, 0.05) is 18.1 Å². The van der Waals surface area contributed by atoms with Crippen LogP contribution in [0.3, 0.4) is 0 Å². The lowest BCUT2D eigenvalue weighted by molar-refractivity contribution is 0.0691. The first-order chi connectivity index (χ1) is 7.22. The first-order valence-corrected chi connectivity index (χ1v) is 4.53. The molecule has 2 N–H and O–H groups in total. The maximum Gasteiger partial charge on any atom is 0.354 e. The van der Waals surface area contributed by atoms with Crippen LogP contribution >= 0.6 is 0 Å². The van der Waals surface area contributed by atoms with Gasteiger partial charge < -0.3 is 10.4 Å². The van der Waals surface area contributed by atoms with E-state index in [9.17, 15) is 4.79 Å². The Labute approximate surface area is 86.6 Å². The molecule has 4 nitrogen and oxygen atoms in total. The number of aromatic nitrogens is 1. The van der Waals surface area contributed by atoms with Crippen LogP contribution in [0.25, 0.3) is 10.9 Å². The molecule has 0 spiro atoms. The Kier molecular flexibility index (Phi) is 2.25. The number of nitrogens with zero attached hydrogens (tertiary/aromatic N) is 1. The van der Waals surface area contributed by atoms with Gasteiger partial charge >= 0.3 is 5.97 Å². The zero-order chi connectivity index (χ0) is 10.8. The van der Waals surface area contributed by atoms with Gasteiger partial charge in [-0.2, -0.15) is 0 Å². The number of carboxylic acid groups (broad SMARTS) is 1. The highest BCUT2D eigenvalue weighted by Crippen LogP contribution is 2.22. The molecular weight excluding hydrogens is 192 g/mol. The fraction of sp³-hybridized carbons (Fsp3) is 0.0909. The van der Waals surface area contributed by atoms with Crippen molar-refractivity contribution < 1.29 is 9.90 Å². The summed E-state index contributed by atoms with van der Waals surface area (Å²) in [4.78, 5) is 14.9. The lowest BCUT2D eigenvalue weighted by atomic mass is 10.1. The molecule has 0 aliphatic heterocycles. The maximum atomic E-state index is 10.8. The number of anilines is 1. The third-order valence-electron chi connectivity index (χ3n) is 2.20. The first kappa shape index (κ1) is 9.45. The van der Waals surface area contributed by atoms with E-state index < -0.39 is 5.97 Å². The monoisotopic (exact) mass is 202 g/mol. The van der Waals surface area contributed by atoms with Crippen LogP contribution in [-0.2, 0) is 0 Å². The molecule has 2 aromatic rings. The predicted octanol–water partition coefficient (Wildman–Crippen LogP) is 1.97. The first-order valence-electron chi connectivity index (χ1n) is 4.53. The number of para-hydroxylation sites is 1. The lowest BCUT2D eigenvalue weighted by Gasteiger charge is -2.06. The van der Waals surface area contributed by atoms with Crippen molar-refractivity contribution in [3.05, 3.63) is 36.0 Å². The van der Waals surface area contributed by atoms with E-state index in [-0.39, 0.29) is 5.69 Å². The summed E-state index contributed by atoms with van der Waals surface area (Å²) in [5, 5.41) is 12.8. The summed E-state index contributed by atoms with van der Waals surface area (Å²) in [6.07, 6.45) is 0. The molecule has 0 aliphatic carbocycles. The summed E-state index contributed by atoms with van der Waals surface area (Å²) in [6, 6.07) is 8.96. The van der Waals surface area contributed by atoms with Crippen LogP contribution in [-0.4, -0.2) is 23.1 Å². The number of pyridine rings is 1. The summed E-state index contributed by atoms with van der Waals surface area (Å²) in [5.41, 5.74) is 1.51. The van der Waals surface area contributed by atoms with Crippen molar-refractivity contribution in [1.29, 1.82) is 0 Å². The van der Waals surface area contributed by atoms with Gasteiger partial charge in [0.15, 0.2) is 5.69 Å². The Bertz CT molecular complexity index is 523. The number of fused-ring (bicyclic) bond motifs is 1. The van der Waals surface area contributed by atoms with E-state index in [0.717, 1.165) is 11.1 Å². The van der Waals surface area contributed by atoms with Gasteiger partial charge in [-0.05, 0) is 12.1 Å². The van der Waals surface area contributed by atoms with Crippen molar-refractivity contribution in [3.8, 4) is 0 Å². The Morgan fingerprint density at radius 3 is 2.80 bits per heavy atom. The van der Waals surface area contributed by atoms with E-state index in [1.165, 1.54) is 6.07 Å². The summed E-state index contributed by atoms with van der Waals surface area (Å²) in [5.74, 6) is -1.02.